The third-order valence-corrected chi connectivity index (χ3v) is 3.61. The van der Waals surface area contributed by atoms with Crippen molar-refractivity contribution in [3.63, 3.8) is 0 Å². The predicted octanol–water partition coefficient (Wildman–Crippen LogP) is 2.76. The largest absolute Gasteiger partial charge is 0.367 e. The number of benzene rings is 1. The Bertz CT molecular complexity index is 615. The van der Waals surface area contributed by atoms with Crippen molar-refractivity contribution in [2.24, 2.45) is 0 Å². The lowest BCUT2D eigenvalue weighted by atomic mass is 10.1. The van der Waals surface area contributed by atoms with Crippen LogP contribution in [0.1, 0.15) is 10.4 Å². The highest BCUT2D eigenvalue weighted by Crippen LogP contribution is 2.29. The van der Waals surface area contributed by atoms with Gasteiger partial charge in [-0.05, 0) is 40.8 Å². The van der Waals surface area contributed by atoms with Gasteiger partial charge in [0.15, 0.2) is 0 Å². The minimum absolute atomic E-state index is 0.0205. The van der Waals surface area contributed by atoms with Crippen molar-refractivity contribution in [3.05, 3.63) is 51.7 Å². The van der Waals surface area contributed by atoms with E-state index in [1.807, 2.05) is 36.4 Å². The van der Waals surface area contributed by atoms with Crippen molar-refractivity contribution in [3.8, 4) is 0 Å². The zero-order chi connectivity index (χ0) is 13.2. The van der Waals surface area contributed by atoms with E-state index in [1.54, 1.807) is 11.1 Å². The molecule has 96 valence electrons. The summed E-state index contributed by atoms with van der Waals surface area (Å²) in [5.74, 6) is 0.795. The highest BCUT2D eigenvalue weighted by molar-refractivity contribution is 14.1. The summed E-state index contributed by atoms with van der Waals surface area (Å²) in [6.07, 6.45) is 1.79. The molecular weight excluding hydrogens is 353 g/mol. The second-order valence-corrected chi connectivity index (χ2v) is 5.52. The standard InChI is InChI=1S/C14H12IN3O/c15-11-8-12-13(17-9-11)16-6-7-18(12)14(19)10-4-2-1-3-5-10/h1-5,8-9H,6-7H2,(H,16,17). The maximum atomic E-state index is 12.5. The minimum Gasteiger partial charge on any atom is -0.367 e. The molecule has 2 aromatic rings. The molecule has 4 nitrogen and oxygen atoms in total. The highest BCUT2D eigenvalue weighted by Gasteiger charge is 2.24. The third kappa shape index (κ3) is 2.42. The van der Waals surface area contributed by atoms with Crippen molar-refractivity contribution in [1.29, 1.82) is 0 Å². The number of nitrogens with zero attached hydrogens (tertiary/aromatic N) is 2. The van der Waals surface area contributed by atoms with Gasteiger partial charge in [0.25, 0.3) is 5.91 Å². The van der Waals surface area contributed by atoms with Crippen molar-refractivity contribution >= 4 is 40.0 Å². The van der Waals surface area contributed by atoms with Gasteiger partial charge in [0.1, 0.15) is 5.82 Å². The number of hydrogen-bond donors (Lipinski definition) is 1. The number of anilines is 2. The number of fused-ring (bicyclic) bond motifs is 1. The number of halogens is 1. The molecule has 3 rings (SSSR count). The number of amides is 1. The van der Waals surface area contributed by atoms with Gasteiger partial charge in [-0.15, -0.1) is 0 Å². The summed E-state index contributed by atoms with van der Waals surface area (Å²) in [4.78, 5) is 18.7. The number of pyridine rings is 1. The molecule has 0 saturated heterocycles. The average molecular weight is 365 g/mol. The summed E-state index contributed by atoms with van der Waals surface area (Å²) in [6, 6.07) is 11.3. The van der Waals surface area contributed by atoms with Gasteiger partial charge in [0.2, 0.25) is 0 Å². The van der Waals surface area contributed by atoms with Crippen LogP contribution >= 0.6 is 22.6 Å². The van der Waals surface area contributed by atoms with Crippen LogP contribution in [-0.2, 0) is 0 Å². The molecule has 0 unspecified atom stereocenters. The van der Waals surface area contributed by atoms with Crippen molar-refractivity contribution in [2.45, 2.75) is 0 Å². The van der Waals surface area contributed by atoms with Crippen LogP contribution in [0.3, 0.4) is 0 Å². The van der Waals surface area contributed by atoms with Crippen molar-refractivity contribution in [1.82, 2.24) is 4.98 Å². The Morgan fingerprint density at radius 2 is 2.11 bits per heavy atom. The lowest BCUT2D eigenvalue weighted by Gasteiger charge is -2.29. The lowest BCUT2D eigenvalue weighted by molar-refractivity contribution is 0.0987. The minimum atomic E-state index is 0.0205. The average Bonchev–Trinajstić information content (AvgIpc) is 2.47. The van der Waals surface area contributed by atoms with E-state index in [9.17, 15) is 4.79 Å². The molecule has 5 heteroatoms. The van der Waals surface area contributed by atoms with Crippen LogP contribution in [0.25, 0.3) is 0 Å². The molecule has 19 heavy (non-hydrogen) atoms. The Morgan fingerprint density at radius 1 is 1.32 bits per heavy atom. The highest BCUT2D eigenvalue weighted by atomic mass is 127. The van der Waals surface area contributed by atoms with E-state index in [0.29, 0.717) is 12.1 Å². The number of hydrogen-bond acceptors (Lipinski definition) is 3. The Hall–Kier alpha value is -1.63. The van der Waals surface area contributed by atoms with E-state index >= 15 is 0 Å². The van der Waals surface area contributed by atoms with Crippen LogP contribution in [-0.4, -0.2) is 24.0 Å². The zero-order valence-electron chi connectivity index (χ0n) is 10.1. The topological polar surface area (TPSA) is 45.2 Å². The molecule has 0 bridgehead atoms. The number of aromatic nitrogens is 1. The SMILES string of the molecule is O=C(c1ccccc1)N1CCNc2ncc(I)cc21. The molecular formula is C14H12IN3O. The summed E-state index contributed by atoms with van der Waals surface area (Å²) in [7, 11) is 0. The number of carbonyl (C=O) groups excluding carboxylic acids is 1. The van der Waals surface area contributed by atoms with Gasteiger partial charge in [-0.3, -0.25) is 4.79 Å². The summed E-state index contributed by atoms with van der Waals surface area (Å²) >= 11 is 2.21. The molecule has 1 aliphatic heterocycles. The summed E-state index contributed by atoms with van der Waals surface area (Å²) in [5.41, 5.74) is 1.56. The first-order valence-electron chi connectivity index (χ1n) is 6.02. The molecule has 0 aliphatic carbocycles. The monoisotopic (exact) mass is 365 g/mol. The second kappa shape index (κ2) is 5.16. The maximum absolute atomic E-state index is 12.5. The first-order chi connectivity index (χ1) is 9.25. The van der Waals surface area contributed by atoms with Crippen LogP contribution in [0.5, 0.6) is 0 Å². The molecule has 0 atom stereocenters. The van der Waals surface area contributed by atoms with E-state index < -0.39 is 0 Å². The number of rotatable bonds is 1. The first kappa shape index (κ1) is 12.4. The lowest BCUT2D eigenvalue weighted by Crippen LogP contribution is -2.39. The fraction of sp³-hybridized carbons (Fsp3) is 0.143. The van der Waals surface area contributed by atoms with Gasteiger partial charge < -0.3 is 10.2 Å². The third-order valence-electron chi connectivity index (χ3n) is 3.02. The van der Waals surface area contributed by atoms with Crippen molar-refractivity contribution < 1.29 is 4.79 Å². The van der Waals surface area contributed by atoms with Crippen molar-refractivity contribution in [2.75, 3.05) is 23.3 Å². The van der Waals surface area contributed by atoms with Gasteiger partial charge in [-0.25, -0.2) is 4.98 Å². The molecule has 1 aromatic heterocycles. The fourth-order valence-electron chi connectivity index (χ4n) is 2.12. The van der Waals surface area contributed by atoms with Crippen LogP contribution < -0.4 is 10.2 Å². The summed E-state index contributed by atoms with van der Waals surface area (Å²) in [5, 5.41) is 3.22. The van der Waals surface area contributed by atoms with E-state index in [-0.39, 0.29) is 5.91 Å². The number of nitrogens with one attached hydrogen (secondary N) is 1. The smallest absolute Gasteiger partial charge is 0.258 e. The van der Waals surface area contributed by atoms with Crippen LogP contribution in [0.2, 0.25) is 0 Å². The van der Waals surface area contributed by atoms with Gasteiger partial charge in [-0.1, -0.05) is 18.2 Å². The molecule has 1 aliphatic rings. The fourth-order valence-corrected chi connectivity index (χ4v) is 2.56. The molecule has 0 saturated carbocycles. The molecule has 0 spiro atoms. The quantitative estimate of drug-likeness (QED) is 0.791. The zero-order valence-corrected chi connectivity index (χ0v) is 12.3. The predicted molar refractivity (Wildman–Crippen MR) is 83.6 cm³/mol. The Balaban J connectivity index is 2.00. The number of carbonyl (C=O) groups is 1. The summed E-state index contributed by atoms with van der Waals surface area (Å²) in [6.45, 7) is 1.38. The van der Waals surface area contributed by atoms with E-state index in [1.165, 1.54) is 0 Å². The molecule has 0 radical (unpaired) electrons. The molecule has 2 heterocycles. The van der Waals surface area contributed by atoms with Gasteiger partial charge in [0.05, 0.1) is 5.69 Å². The van der Waals surface area contributed by atoms with Gasteiger partial charge >= 0.3 is 0 Å². The van der Waals surface area contributed by atoms with Crippen LogP contribution in [0, 0.1) is 3.57 Å². The maximum Gasteiger partial charge on any atom is 0.258 e. The van der Waals surface area contributed by atoms with Crippen LogP contribution in [0.15, 0.2) is 42.6 Å². The second-order valence-electron chi connectivity index (χ2n) is 4.27. The normalized spacial score (nSPS) is 13.6. The molecule has 1 aromatic carbocycles. The van der Waals surface area contributed by atoms with E-state index in [0.717, 1.165) is 21.6 Å². The van der Waals surface area contributed by atoms with Gasteiger partial charge in [-0.2, -0.15) is 0 Å². The van der Waals surface area contributed by atoms with E-state index in [4.69, 9.17) is 0 Å². The summed E-state index contributed by atoms with van der Waals surface area (Å²) < 4.78 is 1.02. The molecule has 1 amide bonds. The molecule has 1 N–H and O–H groups in total. The molecule has 0 fully saturated rings. The van der Waals surface area contributed by atoms with Gasteiger partial charge in [0, 0.05) is 28.4 Å². The van der Waals surface area contributed by atoms with Crippen LogP contribution in [0.4, 0.5) is 11.5 Å². The Morgan fingerprint density at radius 3 is 2.89 bits per heavy atom. The first-order valence-corrected chi connectivity index (χ1v) is 7.10. The van der Waals surface area contributed by atoms with E-state index in [2.05, 4.69) is 32.9 Å². The Labute approximate surface area is 125 Å². The Kier molecular flexibility index (Phi) is 3.37.